The molecule has 1 N–H and O–H groups in total. The molecule has 0 aliphatic heterocycles. The predicted octanol–water partition coefficient (Wildman–Crippen LogP) is 5.92. The normalized spacial score (nSPS) is 12.7. The Morgan fingerprint density at radius 3 is 2.22 bits per heavy atom. The molecule has 220 valence electrons. The topological polar surface area (TPSA) is 96.0 Å². The number of sulfonamides is 1. The van der Waals surface area contributed by atoms with Gasteiger partial charge >= 0.3 is 0 Å². The van der Waals surface area contributed by atoms with E-state index in [-0.39, 0.29) is 29.1 Å². The first-order valence-electron chi connectivity index (χ1n) is 13.3. The largest absolute Gasteiger partial charge is 0.492 e. The molecule has 3 rings (SSSR count). The minimum Gasteiger partial charge on any atom is -0.492 e. The molecule has 0 saturated carbocycles. The van der Waals surface area contributed by atoms with E-state index in [1.165, 1.54) is 17.0 Å². The van der Waals surface area contributed by atoms with E-state index in [0.29, 0.717) is 34.4 Å². The highest BCUT2D eigenvalue weighted by atomic mass is 35.5. The Morgan fingerprint density at radius 1 is 0.927 bits per heavy atom. The van der Waals surface area contributed by atoms with Crippen LogP contribution in [0, 0.1) is 0 Å². The second-order valence-corrected chi connectivity index (χ2v) is 12.2. The van der Waals surface area contributed by atoms with Gasteiger partial charge in [-0.1, -0.05) is 66.5 Å². The molecule has 0 unspecified atom stereocenters. The Bertz CT molecular complexity index is 1450. The van der Waals surface area contributed by atoms with E-state index in [4.69, 9.17) is 27.9 Å². The summed E-state index contributed by atoms with van der Waals surface area (Å²) in [5.74, 6) is -0.644. The van der Waals surface area contributed by atoms with Crippen LogP contribution in [-0.4, -0.2) is 50.4 Å². The molecule has 3 aromatic rings. The smallest absolute Gasteiger partial charge is 0.264 e. The molecule has 8 nitrogen and oxygen atoms in total. The van der Waals surface area contributed by atoms with Crippen molar-refractivity contribution < 1.29 is 22.7 Å². The molecule has 0 saturated heterocycles. The third-order valence-corrected chi connectivity index (χ3v) is 9.06. The van der Waals surface area contributed by atoms with E-state index in [0.717, 1.165) is 4.31 Å². The van der Waals surface area contributed by atoms with Crippen molar-refractivity contribution in [3.05, 3.63) is 88.4 Å². The van der Waals surface area contributed by atoms with Crippen molar-refractivity contribution in [2.24, 2.45) is 0 Å². The van der Waals surface area contributed by atoms with E-state index in [2.05, 4.69) is 5.32 Å². The average Bonchev–Trinajstić information content (AvgIpc) is 2.96. The summed E-state index contributed by atoms with van der Waals surface area (Å²) in [7, 11) is -4.21. The lowest BCUT2D eigenvalue weighted by Crippen LogP contribution is -2.52. The number of rotatable bonds is 13. The third kappa shape index (κ3) is 8.15. The lowest BCUT2D eigenvalue weighted by molar-refractivity contribution is -0.139. The van der Waals surface area contributed by atoms with Crippen LogP contribution in [0.2, 0.25) is 10.0 Å². The average molecular weight is 621 g/mol. The second-order valence-electron chi connectivity index (χ2n) is 9.49. The van der Waals surface area contributed by atoms with Gasteiger partial charge in [0.05, 0.1) is 27.2 Å². The van der Waals surface area contributed by atoms with Gasteiger partial charge in [-0.2, -0.15) is 0 Å². The molecule has 2 amide bonds. The first-order chi connectivity index (χ1) is 19.5. The van der Waals surface area contributed by atoms with Gasteiger partial charge < -0.3 is 15.0 Å². The van der Waals surface area contributed by atoms with Crippen molar-refractivity contribution in [3.8, 4) is 5.75 Å². The van der Waals surface area contributed by atoms with Crippen molar-refractivity contribution in [1.82, 2.24) is 10.2 Å². The maximum atomic E-state index is 14.1. The molecular formula is C30H35Cl2N3O5S. The van der Waals surface area contributed by atoms with Crippen molar-refractivity contribution in [1.29, 1.82) is 0 Å². The molecule has 0 aliphatic rings. The van der Waals surface area contributed by atoms with Crippen LogP contribution in [0.25, 0.3) is 0 Å². The predicted molar refractivity (Wildman–Crippen MR) is 163 cm³/mol. The van der Waals surface area contributed by atoms with Gasteiger partial charge in [0.2, 0.25) is 11.8 Å². The Hall–Kier alpha value is -3.27. The third-order valence-electron chi connectivity index (χ3n) is 6.55. The van der Waals surface area contributed by atoms with Gasteiger partial charge in [0.15, 0.2) is 0 Å². The number of benzene rings is 3. The number of hydrogen-bond donors (Lipinski definition) is 1. The first kappa shape index (κ1) is 32.2. The number of nitrogens with one attached hydrogen (secondary N) is 1. The van der Waals surface area contributed by atoms with Gasteiger partial charge in [-0.05, 0) is 69.2 Å². The molecular weight excluding hydrogens is 585 g/mol. The van der Waals surface area contributed by atoms with Gasteiger partial charge in [-0.3, -0.25) is 13.9 Å². The zero-order valence-electron chi connectivity index (χ0n) is 23.5. The fourth-order valence-electron chi connectivity index (χ4n) is 4.06. The van der Waals surface area contributed by atoms with Crippen LogP contribution in [0.1, 0.15) is 39.7 Å². The second kappa shape index (κ2) is 14.6. The Labute approximate surface area is 252 Å². The monoisotopic (exact) mass is 619 g/mol. The van der Waals surface area contributed by atoms with Crippen LogP contribution in [-0.2, 0) is 26.2 Å². The van der Waals surface area contributed by atoms with Crippen LogP contribution in [0.4, 0.5) is 5.69 Å². The van der Waals surface area contributed by atoms with Gasteiger partial charge in [0.1, 0.15) is 18.3 Å². The number of carbonyl (C=O) groups is 2. The number of carbonyl (C=O) groups excluding carboxylic acids is 2. The standard InChI is InChI=1S/C30H35Cl2N3O5S/c1-5-21(3)33-30(37)22(4)34(19-23-16-17-25(31)26(32)18-23)29(36)20-35(27-14-10-11-15-28(27)40-6-2)41(38,39)24-12-8-7-9-13-24/h7-18,21-22H,5-6,19-20H2,1-4H3,(H,33,37)/t21-,22+/m1/s1. The number of anilines is 1. The summed E-state index contributed by atoms with van der Waals surface area (Å²) in [6.07, 6.45) is 0.705. The molecule has 0 fully saturated rings. The molecule has 0 spiro atoms. The molecule has 0 heterocycles. The summed E-state index contributed by atoms with van der Waals surface area (Å²) in [5, 5.41) is 3.55. The fourth-order valence-corrected chi connectivity index (χ4v) is 5.82. The van der Waals surface area contributed by atoms with Crippen molar-refractivity contribution in [2.75, 3.05) is 17.5 Å². The molecule has 41 heavy (non-hydrogen) atoms. The van der Waals surface area contributed by atoms with E-state index in [9.17, 15) is 18.0 Å². The molecule has 0 aliphatic carbocycles. The van der Waals surface area contributed by atoms with Gasteiger partial charge in [-0.25, -0.2) is 8.42 Å². The molecule has 11 heteroatoms. The molecule has 2 atom stereocenters. The number of para-hydroxylation sites is 2. The number of ether oxygens (including phenoxy) is 1. The Balaban J connectivity index is 2.08. The van der Waals surface area contributed by atoms with E-state index in [1.807, 2.05) is 13.8 Å². The maximum Gasteiger partial charge on any atom is 0.264 e. The highest BCUT2D eigenvalue weighted by Gasteiger charge is 2.34. The number of halogens is 2. The SMILES string of the molecule is CCOc1ccccc1N(CC(=O)N(Cc1ccc(Cl)c(Cl)c1)[C@@H](C)C(=O)N[C@H](C)CC)S(=O)(=O)c1ccccc1. The quantitative estimate of drug-likeness (QED) is 0.256. The maximum absolute atomic E-state index is 14.1. The zero-order chi connectivity index (χ0) is 30.2. The van der Waals surface area contributed by atoms with Crippen molar-refractivity contribution in [3.63, 3.8) is 0 Å². The number of hydrogen-bond acceptors (Lipinski definition) is 5. The van der Waals surface area contributed by atoms with Crippen LogP contribution in [0.5, 0.6) is 5.75 Å². The van der Waals surface area contributed by atoms with Gasteiger partial charge in [0.25, 0.3) is 10.0 Å². The van der Waals surface area contributed by atoms with Crippen molar-refractivity contribution in [2.45, 2.75) is 57.6 Å². The van der Waals surface area contributed by atoms with Gasteiger partial charge in [0, 0.05) is 12.6 Å². The minimum atomic E-state index is -4.21. The summed E-state index contributed by atoms with van der Waals surface area (Å²) in [6, 6.07) is 18.4. The minimum absolute atomic E-state index is 0.00283. The molecule has 0 aromatic heterocycles. The van der Waals surface area contributed by atoms with Crippen LogP contribution in [0.3, 0.4) is 0 Å². The number of nitrogens with zero attached hydrogens (tertiary/aromatic N) is 2. The fraction of sp³-hybridized carbons (Fsp3) is 0.333. The summed E-state index contributed by atoms with van der Waals surface area (Å²) < 4.78 is 34.7. The first-order valence-corrected chi connectivity index (χ1v) is 15.5. The van der Waals surface area contributed by atoms with Crippen LogP contribution in [0.15, 0.2) is 77.7 Å². The zero-order valence-corrected chi connectivity index (χ0v) is 25.8. The summed E-state index contributed by atoms with van der Waals surface area (Å²) in [6.45, 7) is 6.91. The summed E-state index contributed by atoms with van der Waals surface area (Å²) in [5.41, 5.74) is 0.834. The Kier molecular flexibility index (Phi) is 11.5. The lowest BCUT2D eigenvalue weighted by atomic mass is 10.1. The van der Waals surface area contributed by atoms with Crippen molar-refractivity contribution >= 4 is 50.7 Å². The van der Waals surface area contributed by atoms with E-state index < -0.39 is 28.5 Å². The summed E-state index contributed by atoms with van der Waals surface area (Å²) >= 11 is 12.3. The lowest BCUT2D eigenvalue weighted by Gasteiger charge is -2.33. The van der Waals surface area contributed by atoms with Crippen LogP contribution >= 0.6 is 23.2 Å². The van der Waals surface area contributed by atoms with E-state index in [1.54, 1.807) is 74.5 Å². The highest BCUT2D eigenvalue weighted by Crippen LogP contribution is 2.33. The molecule has 0 radical (unpaired) electrons. The van der Waals surface area contributed by atoms with E-state index >= 15 is 0 Å². The summed E-state index contributed by atoms with van der Waals surface area (Å²) in [4.78, 5) is 28.6. The number of amides is 2. The molecule has 0 bridgehead atoms. The Morgan fingerprint density at radius 2 is 1.59 bits per heavy atom. The molecule has 3 aromatic carbocycles. The van der Waals surface area contributed by atoms with Gasteiger partial charge in [-0.15, -0.1) is 0 Å². The van der Waals surface area contributed by atoms with Crippen LogP contribution < -0.4 is 14.4 Å². The highest BCUT2D eigenvalue weighted by molar-refractivity contribution is 7.92.